The van der Waals surface area contributed by atoms with Crippen LogP contribution in [0.15, 0.2) is 18.2 Å². The summed E-state index contributed by atoms with van der Waals surface area (Å²) in [6.07, 6.45) is 0.989. The van der Waals surface area contributed by atoms with E-state index >= 15 is 0 Å². The Kier molecular flexibility index (Phi) is 3.37. The zero-order chi connectivity index (χ0) is 13.4. The fraction of sp³-hybridized carbons (Fsp3) is 0.500. The molecule has 3 unspecified atom stereocenters. The van der Waals surface area contributed by atoms with Gasteiger partial charge in [-0.05, 0) is 24.6 Å². The molecule has 0 spiro atoms. The predicted octanol–water partition coefficient (Wildman–Crippen LogP) is 2.00. The minimum Gasteiger partial charge on any atom is -0.469 e. The third-order valence-electron chi connectivity index (χ3n) is 4.12. The number of methoxy groups -OCH3 is 1. The molecule has 2 aliphatic rings. The number of piperidine rings is 1. The van der Waals surface area contributed by atoms with E-state index in [0.717, 1.165) is 30.8 Å². The summed E-state index contributed by atoms with van der Waals surface area (Å²) in [5.74, 6) is -0.200. The van der Waals surface area contributed by atoms with E-state index in [2.05, 4.69) is 10.6 Å². The minimum atomic E-state index is -0.238. The van der Waals surface area contributed by atoms with Crippen molar-refractivity contribution in [2.24, 2.45) is 5.92 Å². The second-order valence-corrected chi connectivity index (χ2v) is 5.52. The predicted molar refractivity (Wildman–Crippen MR) is 74.6 cm³/mol. The Bertz CT molecular complexity index is 506. The number of hydrogen-bond donors (Lipinski definition) is 2. The number of anilines is 1. The van der Waals surface area contributed by atoms with Gasteiger partial charge in [0, 0.05) is 18.5 Å². The molecule has 0 bridgehead atoms. The van der Waals surface area contributed by atoms with E-state index in [1.54, 1.807) is 0 Å². The van der Waals surface area contributed by atoms with Gasteiger partial charge in [0.15, 0.2) is 0 Å². The first-order valence-corrected chi connectivity index (χ1v) is 6.93. The first-order valence-electron chi connectivity index (χ1n) is 6.56. The summed E-state index contributed by atoms with van der Waals surface area (Å²) in [6.45, 7) is 1.78. The van der Waals surface area contributed by atoms with E-state index in [1.165, 1.54) is 7.11 Å². The molecule has 2 aliphatic heterocycles. The van der Waals surface area contributed by atoms with Gasteiger partial charge in [0.2, 0.25) is 0 Å². The molecule has 102 valence electrons. The van der Waals surface area contributed by atoms with Gasteiger partial charge in [0.1, 0.15) is 0 Å². The first-order chi connectivity index (χ1) is 9.22. The van der Waals surface area contributed by atoms with Crippen LogP contribution in [-0.2, 0) is 9.53 Å². The zero-order valence-corrected chi connectivity index (χ0v) is 11.5. The lowest BCUT2D eigenvalue weighted by atomic mass is 9.75. The number of fused-ring (bicyclic) bond motifs is 2. The molecule has 2 N–H and O–H groups in total. The average Bonchev–Trinajstić information content (AvgIpc) is 2.45. The van der Waals surface area contributed by atoms with Gasteiger partial charge in [-0.25, -0.2) is 0 Å². The number of para-hydroxylation sites is 1. The molecule has 0 amide bonds. The van der Waals surface area contributed by atoms with Gasteiger partial charge in [0.25, 0.3) is 0 Å². The number of hydrogen-bond acceptors (Lipinski definition) is 4. The maximum Gasteiger partial charge on any atom is 0.313 e. The normalized spacial score (nSPS) is 28.8. The number of ether oxygens (including phenoxy) is 1. The number of carbonyl (C=O) groups excluding carboxylic acids is 1. The maximum absolute atomic E-state index is 12.2. The number of esters is 1. The monoisotopic (exact) mass is 280 g/mol. The van der Waals surface area contributed by atoms with Crippen molar-refractivity contribution < 1.29 is 9.53 Å². The fourth-order valence-corrected chi connectivity index (χ4v) is 3.45. The molecular weight excluding hydrogens is 264 g/mol. The van der Waals surface area contributed by atoms with E-state index in [1.807, 2.05) is 18.2 Å². The standard InChI is InChI=1S/C14H17ClN2O2/c1-19-14(18)12-8-3-2-4-10(15)13(8)17-11-5-6-16-7-9(11)12/h2-4,9,11-12,16-17H,5-7H2,1H3. The van der Waals surface area contributed by atoms with Crippen LogP contribution >= 0.6 is 11.6 Å². The Morgan fingerprint density at radius 1 is 1.47 bits per heavy atom. The Labute approximate surface area is 117 Å². The van der Waals surface area contributed by atoms with Crippen LogP contribution in [0.25, 0.3) is 0 Å². The fourth-order valence-electron chi connectivity index (χ4n) is 3.21. The van der Waals surface area contributed by atoms with Crippen molar-refractivity contribution in [1.29, 1.82) is 0 Å². The van der Waals surface area contributed by atoms with Crippen LogP contribution in [0.4, 0.5) is 5.69 Å². The summed E-state index contributed by atoms with van der Waals surface area (Å²) in [7, 11) is 1.44. The molecule has 1 saturated heterocycles. The van der Waals surface area contributed by atoms with Crippen LogP contribution in [0.2, 0.25) is 5.02 Å². The van der Waals surface area contributed by atoms with Gasteiger partial charge in [-0.1, -0.05) is 23.7 Å². The van der Waals surface area contributed by atoms with E-state index in [-0.39, 0.29) is 23.8 Å². The second-order valence-electron chi connectivity index (χ2n) is 5.11. The van der Waals surface area contributed by atoms with Crippen molar-refractivity contribution in [3.8, 4) is 0 Å². The highest BCUT2D eigenvalue weighted by Crippen LogP contribution is 2.43. The van der Waals surface area contributed by atoms with Crippen LogP contribution in [0.1, 0.15) is 17.9 Å². The topological polar surface area (TPSA) is 50.4 Å². The van der Waals surface area contributed by atoms with Crippen LogP contribution in [0.3, 0.4) is 0 Å². The number of benzene rings is 1. The summed E-state index contributed by atoms with van der Waals surface area (Å²) in [5.41, 5.74) is 1.84. The molecular formula is C14H17ClN2O2. The summed E-state index contributed by atoms with van der Waals surface area (Å²) < 4.78 is 5.00. The highest BCUT2D eigenvalue weighted by molar-refractivity contribution is 6.33. The molecule has 0 radical (unpaired) electrons. The third-order valence-corrected chi connectivity index (χ3v) is 4.44. The van der Waals surface area contributed by atoms with Gasteiger partial charge in [-0.2, -0.15) is 0 Å². The van der Waals surface area contributed by atoms with Crippen molar-refractivity contribution in [1.82, 2.24) is 5.32 Å². The van der Waals surface area contributed by atoms with Gasteiger partial charge in [-0.3, -0.25) is 4.79 Å². The first kappa shape index (κ1) is 12.8. The lowest BCUT2D eigenvalue weighted by Crippen LogP contribution is -2.50. The number of halogens is 1. The Morgan fingerprint density at radius 3 is 3.11 bits per heavy atom. The minimum absolute atomic E-state index is 0.177. The summed E-state index contributed by atoms with van der Waals surface area (Å²) in [6, 6.07) is 5.97. The van der Waals surface area contributed by atoms with Gasteiger partial charge >= 0.3 is 5.97 Å². The third kappa shape index (κ3) is 2.09. The highest BCUT2D eigenvalue weighted by Gasteiger charge is 2.42. The van der Waals surface area contributed by atoms with Crippen molar-refractivity contribution in [2.45, 2.75) is 18.4 Å². The average molecular weight is 281 g/mol. The molecule has 0 aromatic heterocycles. The molecule has 1 aromatic carbocycles. The Morgan fingerprint density at radius 2 is 2.32 bits per heavy atom. The lowest BCUT2D eigenvalue weighted by Gasteiger charge is -2.42. The quantitative estimate of drug-likeness (QED) is 0.773. The van der Waals surface area contributed by atoms with Crippen molar-refractivity contribution in [2.75, 3.05) is 25.5 Å². The molecule has 4 nitrogen and oxygen atoms in total. The molecule has 3 rings (SSSR count). The summed E-state index contributed by atoms with van der Waals surface area (Å²) in [5, 5.41) is 7.52. The molecule has 2 heterocycles. The van der Waals surface area contributed by atoms with Gasteiger partial charge in [0.05, 0.1) is 23.7 Å². The van der Waals surface area contributed by atoms with E-state index in [0.29, 0.717) is 5.02 Å². The van der Waals surface area contributed by atoms with Gasteiger partial charge in [-0.15, -0.1) is 0 Å². The SMILES string of the molecule is COC(=O)C1c2cccc(Cl)c2NC2CCNCC21. The summed E-state index contributed by atoms with van der Waals surface area (Å²) in [4.78, 5) is 12.2. The molecule has 1 aromatic rings. The zero-order valence-electron chi connectivity index (χ0n) is 10.8. The van der Waals surface area contributed by atoms with E-state index < -0.39 is 0 Å². The highest BCUT2D eigenvalue weighted by atomic mass is 35.5. The number of rotatable bonds is 1. The molecule has 3 atom stereocenters. The molecule has 1 fully saturated rings. The van der Waals surface area contributed by atoms with E-state index in [9.17, 15) is 4.79 Å². The smallest absolute Gasteiger partial charge is 0.313 e. The van der Waals surface area contributed by atoms with Crippen LogP contribution in [-0.4, -0.2) is 32.2 Å². The lowest BCUT2D eigenvalue weighted by molar-refractivity contribution is -0.144. The van der Waals surface area contributed by atoms with Crippen LogP contribution < -0.4 is 10.6 Å². The molecule has 0 aliphatic carbocycles. The van der Waals surface area contributed by atoms with Crippen LogP contribution in [0, 0.1) is 5.92 Å². The Hall–Kier alpha value is -1.26. The molecule has 19 heavy (non-hydrogen) atoms. The largest absolute Gasteiger partial charge is 0.469 e. The summed E-state index contributed by atoms with van der Waals surface area (Å²) >= 11 is 6.26. The number of carbonyl (C=O) groups is 1. The molecule has 0 saturated carbocycles. The van der Waals surface area contributed by atoms with E-state index in [4.69, 9.17) is 16.3 Å². The van der Waals surface area contributed by atoms with Crippen molar-refractivity contribution >= 4 is 23.3 Å². The number of nitrogens with one attached hydrogen (secondary N) is 2. The van der Waals surface area contributed by atoms with Gasteiger partial charge < -0.3 is 15.4 Å². The van der Waals surface area contributed by atoms with Crippen molar-refractivity contribution in [3.63, 3.8) is 0 Å². The maximum atomic E-state index is 12.2. The van der Waals surface area contributed by atoms with Crippen LogP contribution in [0.5, 0.6) is 0 Å². The van der Waals surface area contributed by atoms with Crippen molar-refractivity contribution in [3.05, 3.63) is 28.8 Å². The second kappa shape index (κ2) is 5.02. The Balaban J connectivity index is 2.08. The molecule has 5 heteroatoms.